The van der Waals surface area contributed by atoms with Gasteiger partial charge in [0.05, 0.1) is 17.7 Å². The summed E-state index contributed by atoms with van der Waals surface area (Å²) in [4.78, 5) is 25.0. The molecule has 6 nitrogen and oxygen atoms in total. The summed E-state index contributed by atoms with van der Waals surface area (Å²) in [6.45, 7) is 6.07. The second-order valence-corrected chi connectivity index (χ2v) is 8.99. The lowest BCUT2D eigenvalue weighted by Gasteiger charge is -2.11. The number of aryl methyl sites for hydroxylation is 1. The number of carbonyl (C=O) groups excluding carboxylic acids is 1. The van der Waals surface area contributed by atoms with E-state index in [4.69, 9.17) is 25.5 Å². The molecule has 5 aromatic rings. The van der Waals surface area contributed by atoms with Gasteiger partial charge in [-0.05, 0) is 69.3 Å². The monoisotopic (exact) mass is 501 g/mol. The molecular weight excluding hydrogens is 478 g/mol. The summed E-state index contributed by atoms with van der Waals surface area (Å²) in [5.74, 6) is 0.158. The second kappa shape index (κ2) is 9.55. The number of esters is 1. The van der Waals surface area contributed by atoms with Crippen molar-refractivity contribution < 1.29 is 18.7 Å². The molecule has 0 unspecified atom stereocenters. The molecule has 2 heterocycles. The molecule has 0 aliphatic carbocycles. The van der Waals surface area contributed by atoms with Crippen LogP contribution >= 0.6 is 11.6 Å². The summed E-state index contributed by atoms with van der Waals surface area (Å²) in [5.41, 5.74) is 4.74. The number of halogens is 1. The van der Waals surface area contributed by atoms with Gasteiger partial charge >= 0.3 is 11.6 Å². The van der Waals surface area contributed by atoms with Crippen LogP contribution in [0.4, 0.5) is 0 Å². The predicted octanol–water partition coefficient (Wildman–Crippen LogP) is 6.76. The van der Waals surface area contributed by atoms with Crippen LogP contribution in [0.2, 0.25) is 5.02 Å². The molecule has 2 aromatic heterocycles. The lowest BCUT2D eigenvalue weighted by Crippen LogP contribution is -2.07. The Labute approximate surface area is 212 Å². The number of aromatic nitrogens is 1. The third kappa shape index (κ3) is 4.36. The minimum absolute atomic E-state index is 0.166. The van der Waals surface area contributed by atoms with Crippen LogP contribution in [-0.2, 0) is 11.3 Å². The summed E-state index contributed by atoms with van der Waals surface area (Å²) in [6.07, 6.45) is 0. The number of fused-ring (bicyclic) bond motifs is 2. The van der Waals surface area contributed by atoms with Gasteiger partial charge < -0.3 is 18.5 Å². The Morgan fingerprint density at radius 1 is 1.00 bits per heavy atom. The van der Waals surface area contributed by atoms with Gasteiger partial charge in [-0.2, -0.15) is 0 Å². The molecule has 0 saturated heterocycles. The molecular formula is C29H24ClNO5. The maximum atomic E-state index is 12.9. The topological polar surface area (TPSA) is 70.7 Å². The van der Waals surface area contributed by atoms with Crippen LogP contribution in [0.15, 0.2) is 75.9 Å². The van der Waals surface area contributed by atoms with E-state index in [1.54, 1.807) is 19.1 Å². The highest BCUT2D eigenvalue weighted by Crippen LogP contribution is 2.33. The van der Waals surface area contributed by atoms with Crippen molar-refractivity contribution >= 4 is 39.4 Å². The van der Waals surface area contributed by atoms with Crippen LogP contribution in [0.1, 0.15) is 34.1 Å². The Morgan fingerprint density at radius 3 is 2.61 bits per heavy atom. The molecule has 0 fully saturated rings. The van der Waals surface area contributed by atoms with Crippen molar-refractivity contribution in [2.75, 3.05) is 6.61 Å². The molecule has 0 spiro atoms. The number of benzene rings is 3. The van der Waals surface area contributed by atoms with Crippen molar-refractivity contribution in [1.29, 1.82) is 0 Å². The van der Waals surface area contributed by atoms with Crippen LogP contribution in [-0.4, -0.2) is 17.1 Å². The molecule has 7 heteroatoms. The Balaban J connectivity index is 1.58. The van der Waals surface area contributed by atoms with E-state index in [-0.39, 0.29) is 13.2 Å². The maximum absolute atomic E-state index is 12.9. The van der Waals surface area contributed by atoms with Crippen molar-refractivity contribution in [1.82, 2.24) is 4.57 Å². The molecule has 0 bridgehead atoms. The van der Waals surface area contributed by atoms with Crippen LogP contribution in [0.3, 0.4) is 0 Å². The Hall–Kier alpha value is -4.03. The number of ether oxygens (including phenoxy) is 2. The van der Waals surface area contributed by atoms with Gasteiger partial charge in [0.15, 0.2) is 0 Å². The molecule has 0 saturated carbocycles. The molecule has 0 aliphatic rings. The Kier molecular flexibility index (Phi) is 6.29. The number of hydrogen-bond donors (Lipinski definition) is 0. The maximum Gasteiger partial charge on any atom is 0.340 e. The highest BCUT2D eigenvalue weighted by Gasteiger charge is 2.22. The summed E-state index contributed by atoms with van der Waals surface area (Å²) >= 11 is 6.25. The zero-order valence-electron chi connectivity index (χ0n) is 20.1. The first-order valence-corrected chi connectivity index (χ1v) is 12.0. The second-order valence-electron chi connectivity index (χ2n) is 8.55. The number of nitrogens with zero attached hydrogens (tertiary/aromatic N) is 1. The van der Waals surface area contributed by atoms with E-state index < -0.39 is 11.6 Å². The minimum Gasteiger partial charge on any atom is -0.489 e. The first kappa shape index (κ1) is 23.7. The third-order valence-electron chi connectivity index (χ3n) is 6.10. The first-order chi connectivity index (χ1) is 17.4. The van der Waals surface area contributed by atoms with E-state index in [1.807, 2.05) is 66.9 Å². The smallest absolute Gasteiger partial charge is 0.340 e. The summed E-state index contributed by atoms with van der Waals surface area (Å²) in [6, 6.07) is 20.1. The SMILES string of the molecule is CCOC(=O)c1c(C)n(-c2cccc(Cl)c2)c2ccc(OCc3cc(=O)oc4ccc(C)cc34)cc12. The van der Waals surface area contributed by atoms with Crippen LogP contribution in [0.5, 0.6) is 5.75 Å². The molecule has 0 aliphatic heterocycles. The standard InChI is InChI=1S/C29H24ClNO5/c1-4-34-29(33)28-18(3)31(21-7-5-6-20(30)14-21)25-10-9-22(15-24(25)28)35-16-19-13-27(32)36-26-11-8-17(2)12-23(19)26/h5-15H,4,16H2,1-3H3. The molecule has 3 aromatic carbocycles. The summed E-state index contributed by atoms with van der Waals surface area (Å²) in [7, 11) is 0. The van der Waals surface area contributed by atoms with Crippen LogP contribution < -0.4 is 10.4 Å². The van der Waals surface area contributed by atoms with Crippen molar-refractivity contribution in [2.45, 2.75) is 27.4 Å². The van der Waals surface area contributed by atoms with Crippen molar-refractivity contribution in [2.24, 2.45) is 0 Å². The van der Waals surface area contributed by atoms with Gasteiger partial charge in [-0.3, -0.25) is 0 Å². The van der Waals surface area contributed by atoms with Crippen molar-refractivity contribution in [3.8, 4) is 11.4 Å². The summed E-state index contributed by atoms with van der Waals surface area (Å²) in [5, 5.41) is 2.13. The fourth-order valence-corrected chi connectivity index (χ4v) is 4.70. The van der Waals surface area contributed by atoms with E-state index in [9.17, 15) is 9.59 Å². The lowest BCUT2D eigenvalue weighted by atomic mass is 10.1. The van der Waals surface area contributed by atoms with E-state index in [0.29, 0.717) is 27.3 Å². The largest absolute Gasteiger partial charge is 0.489 e. The zero-order chi connectivity index (χ0) is 25.4. The van der Waals surface area contributed by atoms with E-state index in [1.165, 1.54) is 6.07 Å². The van der Waals surface area contributed by atoms with Crippen molar-refractivity contribution in [3.63, 3.8) is 0 Å². The lowest BCUT2D eigenvalue weighted by molar-refractivity contribution is 0.0527. The Morgan fingerprint density at radius 2 is 1.83 bits per heavy atom. The Bertz CT molecular complexity index is 1680. The number of rotatable bonds is 6. The van der Waals surface area contributed by atoms with Gasteiger partial charge in [0, 0.05) is 38.8 Å². The normalized spacial score (nSPS) is 11.2. The van der Waals surface area contributed by atoms with Gasteiger partial charge in [0.25, 0.3) is 0 Å². The molecule has 0 N–H and O–H groups in total. The molecule has 36 heavy (non-hydrogen) atoms. The van der Waals surface area contributed by atoms with E-state index >= 15 is 0 Å². The number of carbonyl (C=O) groups is 1. The number of hydrogen-bond acceptors (Lipinski definition) is 5. The van der Waals surface area contributed by atoms with Crippen LogP contribution in [0.25, 0.3) is 27.6 Å². The predicted molar refractivity (Wildman–Crippen MR) is 141 cm³/mol. The van der Waals surface area contributed by atoms with Gasteiger partial charge in [-0.1, -0.05) is 29.3 Å². The molecule has 0 radical (unpaired) electrons. The molecule has 0 atom stereocenters. The highest BCUT2D eigenvalue weighted by molar-refractivity contribution is 6.30. The van der Waals surface area contributed by atoms with Gasteiger partial charge in [-0.15, -0.1) is 0 Å². The van der Waals surface area contributed by atoms with E-state index in [2.05, 4.69) is 0 Å². The van der Waals surface area contributed by atoms with Gasteiger partial charge in [-0.25, -0.2) is 9.59 Å². The first-order valence-electron chi connectivity index (χ1n) is 11.6. The van der Waals surface area contributed by atoms with Gasteiger partial charge in [0.2, 0.25) is 0 Å². The summed E-state index contributed by atoms with van der Waals surface area (Å²) < 4.78 is 18.8. The zero-order valence-corrected chi connectivity index (χ0v) is 20.9. The van der Waals surface area contributed by atoms with E-state index in [0.717, 1.165) is 33.4 Å². The fourth-order valence-electron chi connectivity index (χ4n) is 4.52. The molecule has 5 rings (SSSR count). The average Bonchev–Trinajstić information content (AvgIpc) is 3.14. The van der Waals surface area contributed by atoms with Crippen molar-refractivity contribution in [3.05, 3.63) is 105 Å². The fraction of sp³-hybridized carbons (Fsp3) is 0.172. The van der Waals surface area contributed by atoms with Crippen LogP contribution in [0, 0.1) is 13.8 Å². The molecule has 0 amide bonds. The quantitative estimate of drug-likeness (QED) is 0.190. The highest BCUT2D eigenvalue weighted by atomic mass is 35.5. The minimum atomic E-state index is -0.431. The third-order valence-corrected chi connectivity index (χ3v) is 6.33. The molecule has 182 valence electrons. The average molecular weight is 502 g/mol. The van der Waals surface area contributed by atoms with Gasteiger partial charge in [0.1, 0.15) is 17.9 Å².